The highest BCUT2D eigenvalue weighted by Gasteiger charge is 2.40. The summed E-state index contributed by atoms with van der Waals surface area (Å²) in [5.41, 5.74) is 0.806. The number of aromatic nitrogens is 2. The van der Waals surface area contributed by atoms with Crippen molar-refractivity contribution in [3.05, 3.63) is 61.8 Å². The zero-order valence-electron chi connectivity index (χ0n) is 15.0. The molecular weight excluding hydrogens is 414 g/mol. The maximum Gasteiger partial charge on any atom is 0.435 e. The van der Waals surface area contributed by atoms with Gasteiger partial charge in [0.1, 0.15) is 5.82 Å². The van der Waals surface area contributed by atoms with Gasteiger partial charge in [0.25, 0.3) is 0 Å². The van der Waals surface area contributed by atoms with Crippen molar-refractivity contribution in [1.29, 1.82) is 0 Å². The van der Waals surface area contributed by atoms with Crippen LogP contribution < -0.4 is 5.32 Å². The lowest BCUT2D eigenvalue weighted by Gasteiger charge is -2.19. The number of nitrogens with one attached hydrogen (secondary N) is 1. The van der Waals surface area contributed by atoms with Crippen molar-refractivity contribution < 1.29 is 17.6 Å². The van der Waals surface area contributed by atoms with Crippen LogP contribution in [0.1, 0.15) is 40.2 Å². The summed E-state index contributed by atoms with van der Waals surface area (Å²) in [6.07, 6.45) is -3.43. The monoisotopic (exact) mass is 429 g/mol. The summed E-state index contributed by atoms with van der Waals surface area (Å²) in [6, 6.07) is 3.90. The van der Waals surface area contributed by atoms with E-state index in [-0.39, 0.29) is 17.7 Å². The van der Waals surface area contributed by atoms with Gasteiger partial charge in [-0.1, -0.05) is 23.7 Å². The molecule has 3 aromatic rings. The third-order valence-electron chi connectivity index (χ3n) is 4.95. The third kappa shape index (κ3) is 3.03. The molecule has 3 nitrogen and oxygen atoms in total. The van der Waals surface area contributed by atoms with Gasteiger partial charge in [0.15, 0.2) is 5.69 Å². The van der Waals surface area contributed by atoms with Gasteiger partial charge in [0.05, 0.1) is 10.4 Å². The molecule has 0 bridgehead atoms. The van der Waals surface area contributed by atoms with Crippen molar-refractivity contribution in [2.45, 2.75) is 39.2 Å². The van der Waals surface area contributed by atoms with Crippen LogP contribution in [-0.4, -0.2) is 9.78 Å². The SMILES string of the molecule is CCn1cc(-c2c(F)cccc2C2NCc3sc(Cl)c(C)c32)c(C(F)(F)F)n1. The summed E-state index contributed by atoms with van der Waals surface area (Å²) < 4.78 is 57.5. The van der Waals surface area contributed by atoms with E-state index in [1.165, 1.54) is 34.3 Å². The summed E-state index contributed by atoms with van der Waals surface area (Å²) in [7, 11) is 0. The first kappa shape index (κ1) is 19.4. The fourth-order valence-electron chi connectivity index (χ4n) is 3.67. The summed E-state index contributed by atoms with van der Waals surface area (Å²) in [5.74, 6) is -0.715. The van der Waals surface area contributed by atoms with Gasteiger partial charge < -0.3 is 5.32 Å². The van der Waals surface area contributed by atoms with Gasteiger partial charge in [-0.05, 0) is 36.6 Å². The number of thiophene rings is 1. The van der Waals surface area contributed by atoms with Gasteiger partial charge in [-0.25, -0.2) is 4.39 Å². The average Bonchev–Trinajstić information content (AvgIpc) is 3.30. The Labute approximate surface area is 167 Å². The Morgan fingerprint density at radius 3 is 2.79 bits per heavy atom. The van der Waals surface area contributed by atoms with Crippen molar-refractivity contribution in [1.82, 2.24) is 15.1 Å². The van der Waals surface area contributed by atoms with E-state index in [0.717, 1.165) is 16.0 Å². The fourth-order valence-corrected chi connectivity index (χ4v) is 5.06. The van der Waals surface area contributed by atoms with Crippen LogP contribution in [0.3, 0.4) is 0 Å². The van der Waals surface area contributed by atoms with Crippen LogP contribution in [0.15, 0.2) is 24.4 Å². The second-order valence-corrected chi connectivity index (χ2v) is 8.31. The molecule has 1 atom stereocenters. The first-order chi connectivity index (χ1) is 13.2. The first-order valence-corrected chi connectivity index (χ1v) is 9.86. The standard InChI is InChI=1S/C19H16ClF4N3S/c1-3-27-8-11(17(26-27)19(22,23)24)15-10(5-4-6-12(15)21)16-14-9(2)18(20)28-13(14)7-25-16/h4-6,8,16,25H,3,7H2,1-2H3. The fraction of sp³-hybridized carbons (Fsp3) is 0.316. The van der Waals surface area contributed by atoms with E-state index in [1.807, 2.05) is 6.92 Å². The molecule has 1 N–H and O–H groups in total. The van der Waals surface area contributed by atoms with E-state index in [4.69, 9.17) is 11.6 Å². The quantitative estimate of drug-likeness (QED) is 0.522. The Kier molecular flexibility index (Phi) is 4.76. The normalized spacial score (nSPS) is 16.6. The van der Waals surface area contributed by atoms with Crippen LogP contribution in [0.5, 0.6) is 0 Å². The van der Waals surface area contributed by atoms with E-state index in [2.05, 4.69) is 10.4 Å². The van der Waals surface area contributed by atoms with Gasteiger partial charge in [-0.15, -0.1) is 11.3 Å². The molecule has 0 saturated carbocycles. The molecule has 0 saturated heterocycles. The molecule has 9 heteroatoms. The molecule has 0 radical (unpaired) electrons. The van der Waals surface area contributed by atoms with E-state index in [9.17, 15) is 17.6 Å². The molecule has 148 valence electrons. The number of benzene rings is 1. The summed E-state index contributed by atoms with van der Waals surface area (Å²) in [5, 5.41) is 6.92. The van der Waals surface area contributed by atoms with Crippen LogP contribution in [0.25, 0.3) is 11.1 Å². The lowest BCUT2D eigenvalue weighted by atomic mass is 9.91. The van der Waals surface area contributed by atoms with Gasteiger partial charge in [0.2, 0.25) is 0 Å². The highest BCUT2D eigenvalue weighted by Crippen LogP contribution is 2.46. The first-order valence-electron chi connectivity index (χ1n) is 8.66. The van der Waals surface area contributed by atoms with Crippen LogP contribution >= 0.6 is 22.9 Å². The largest absolute Gasteiger partial charge is 0.435 e. The van der Waals surface area contributed by atoms with E-state index in [0.29, 0.717) is 16.4 Å². The number of hydrogen-bond acceptors (Lipinski definition) is 3. The summed E-state index contributed by atoms with van der Waals surface area (Å²) in [6.45, 7) is 4.33. The molecule has 28 heavy (non-hydrogen) atoms. The van der Waals surface area contributed by atoms with E-state index < -0.39 is 23.7 Å². The minimum absolute atomic E-state index is 0.0819. The number of hydrogen-bond donors (Lipinski definition) is 1. The van der Waals surface area contributed by atoms with Crippen LogP contribution in [0, 0.1) is 12.7 Å². The molecule has 0 spiro atoms. The number of alkyl halides is 3. The number of aryl methyl sites for hydroxylation is 1. The zero-order chi connectivity index (χ0) is 20.2. The van der Waals surface area contributed by atoms with Gasteiger partial charge in [-0.3, -0.25) is 4.68 Å². The van der Waals surface area contributed by atoms with Crippen molar-refractivity contribution in [3.8, 4) is 11.1 Å². The Hall–Kier alpha value is -1.90. The Balaban J connectivity index is 1.95. The zero-order valence-corrected chi connectivity index (χ0v) is 16.6. The molecular formula is C19H16ClF4N3S. The number of fused-ring (bicyclic) bond motifs is 1. The topological polar surface area (TPSA) is 29.9 Å². The molecule has 0 aliphatic carbocycles. The molecule has 1 aromatic carbocycles. The average molecular weight is 430 g/mol. The maximum atomic E-state index is 14.9. The highest BCUT2D eigenvalue weighted by atomic mass is 35.5. The van der Waals surface area contributed by atoms with Crippen molar-refractivity contribution in [2.75, 3.05) is 0 Å². The molecule has 0 amide bonds. The van der Waals surface area contributed by atoms with Gasteiger partial charge >= 0.3 is 6.18 Å². The van der Waals surface area contributed by atoms with Crippen LogP contribution in [-0.2, 0) is 19.3 Å². The van der Waals surface area contributed by atoms with Crippen molar-refractivity contribution in [2.24, 2.45) is 0 Å². The van der Waals surface area contributed by atoms with Crippen molar-refractivity contribution in [3.63, 3.8) is 0 Å². The predicted octanol–water partition coefficient (Wildman–Crippen LogP) is 5.94. The molecule has 3 heterocycles. The summed E-state index contributed by atoms with van der Waals surface area (Å²) >= 11 is 7.69. The second kappa shape index (κ2) is 6.86. The lowest BCUT2D eigenvalue weighted by Crippen LogP contribution is -2.16. The molecule has 1 unspecified atom stereocenters. The minimum Gasteiger partial charge on any atom is -0.301 e. The van der Waals surface area contributed by atoms with Crippen LogP contribution in [0.2, 0.25) is 4.34 Å². The van der Waals surface area contributed by atoms with Crippen molar-refractivity contribution >= 4 is 22.9 Å². The summed E-state index contributed by atoms with van der Waals surface area (Å²) in [4.78, 5) is 1.02. The molecule has 0 fully saturated rings. The maximum absolute atomic E-state index is 14.9. The number of rotatable bonds is 3. The Morgan fingerprint density at radius 1 is 1.36 bits per heavy atom. The molecule has 4 rings (SSSR count). The van der Waals surface area contributed by atoms with Gasteiger partial charge in [-0.2, -0.15) is 18.3 Å². The molecule has 1 aliphatic heterocycles. The second-order valence-electron chi connectivity index (χ2n) is 6.60. The molecule has 1 aliphatic rings. The lowest BCUT2D eigenvalue weighted by molar-refractivity contribution is -0.141. The molecule has 2 aromatic heterocycles. The van der Waals surface area contributed by atoms with Crippen LogP contribution in [0.4, 0.5) is 17.6 Å². The smallest absolute Gasteiger partial charge is 0.301 e. The number of nitrogens with zero attached hydrogens (tertiary/aromatic N) is 2. The Bertz CT molecular complexity index is 1050. The highest BCUT2D eigenvalue weighted by molar-refractivity contribution is 7.16. The number of halogens is 5. The van der Waals surface area contributed by atoms with E-state index in [1.54, 1.807) is 13.0 Å². The Morgan fingerprint density at radius 2 is 2.11 bits per heavy atom. The van der Waals surface area contributed by atoms with E-state index >= 15 is 0 Å². The minimum atomic E-state index is -4.69. The van der Waals surface area contributed by atoms with Gasteiger partial charge in [0, 0.05) is 35.3 Å². The predicted molar refractivity (Wildman–Crippen MR) is 101 cm³/mol. The third-order valence-corrected chi connectivity index (χ3v) is 6.56.